The minimum absolute atomic E-state index is 0.826. The first-order valence-electron chi connectivity index (χ1n) is 6.23. The van der Waals surface area contributed by atoms with Gasteiger partial charge in [0.25, 0.3) is 0 Å². The van der Waals surface area contributed by atoms with Crippen LogP contribution in [-0.2, 0) is 0 Å². The standard InChI is InChI=1S/C14H16N4S2/c1-11-5-6-16-14(18-11)20-8-4-3-7-19-13-10-15-9-12(2)17-13/h3-6,9-10H,7-8H2,1-2H3/b4-3+. The number of aromatic nitrogens is 4. The molecule has 104 valence electrons. The van der Waals surface area contributed by atoms with Crippen LogP contribution in [0, 0.1) is 13.8 Å². The fourth-order valence-corrected chi connectivity index (χ4v) is 2.87. The molecule has 0 aliphatic heterocycles. The molecule has 2 aromatic heterocycles. The van der Waals surface area contributed by atoms with E-state index in [4.69, 9.17) is 0 Å². The fourth-order valence-electron chi connectivity index (χ4n) is 1.40. The molecule has 0 bridgehead atoms. The van der Waals surface area contributed by atoms with Crippen molar-refractivity contribution < 1.29 is 0 Å². The van der Waals surface area contributed by atoms with Gasteiger partial charge in [0.05, 0.1) is 11.9 Å². The van der Waals surface area contributed by atoms with Gasteiger partial charge in [0.2, 0.25) is 0 Å². The van der Waals surface area contributed by atoms with E-state index in [1.54, 1.807) is 42.1 Å². The third kappa shape index (κ3) is 5.30. The van der Waals surface area contributed by atoms with Crippen molar-refractivity contribution in [3.8, 4) is 0 Å². The maximum absolute atomic E-state index is 4.39. The van der Waals surface area contributed by atoms with Crippen LogP contribution >= 0.6 is 23.5 Å². The first kappa shape index (κ1) is 15.0. The lowest BCUT2D eigenvalue weighted by atomic mass is 10.5. The zero-order valence-corrected chi connectivity index (χ0v) is 13.1. The molecule has 0 unspecified atom stereocenters. The SMILES string of the molecule is Cc1cncc(SC/C=C/CSc2nccc(C)n2)n1. The fraction of sp³-hybridized carbons (Fsp3) is 0.286. The second kappa shape index (κ2) is 8.01. The Morgan fingerprint density at radius 1 is 1.00 bits per heavy atom. The van der Waals surface area contributed by atoms with E-state index in [1.807, 2.05) is 19.9 Å². The van der Waals surface area contributed by atoms with E-state index < -0.39 is 0 Å². The van der Waals surface area contributed by atoms with Gasteiger partial charge in [-0.2, -0.15) is 0 Å². The van der Waals surface area contributed by atoms with Gasteiger partial charge in [-0.3, -0.25) is 4.98 Å². The monoisotopic (exact) mass is 304 g/mol. The highest BCUT2D eigenvalue weighted by molar-refractivity contribution is 7.99. The molecule has 0 radical (unpaired) electrons. The lowest BCUT2D eigenvalue weighted by molar-refractivity contribution is 0.934. The normalized spacial score (nSPS) is 11.1. The molecule has 0 aliphatic carbocycles. The molecule has 20 heavy (non-hydrogen) atoms. The molecule has 4 nitrogen and oxygen atoms in total. The average molecular weight is 304 g/mol. The molecule has 0 aromatic carbocycles. The van der Waals surface area contributed by atoms with Crippen LogP contribution in [0.5, 0.6) is 0 Å². The Bertz CT molecular complexity index is 535. The maximum Gasteiger partial charge on any atom is 0.188 e. The second-order valence-electron chi connectivity index (χ2n) is 4.07. The predicted molar refractivity (Wildman–Crippen MR) is 84.1 cm³/mol. The smallest absolute Gasteiger partial charge is 0.188 e. The van der Waals surface area contributed by atoms with E-state index >= 15 is 0 Å². The topological polar surface area (TPSA) is 51.6 Å². The van der Waals surface area contributed by atoms with E-state index in [2.05, 4.69) is 32.1 Å². The summed E-state index contributed by atoms with van der Waals surface area (Å²) in [4.78, 5) is 17.1. The van der Waals surface area contributed by atoms with E-state index in [9.17, 15) is 0 Å². The molecule has 2 heterocycles. The van der Waals surface area contributed by atoms with Crippen molar-refractivity contribution in [2.45, 2.75) is 24.0 Å². The number of hydrogen-bond acceptors (Lipinski definition) is 6. The van der Waals surface area contributed by atoms with Crippen LogP contribution in [-0.4, -0.2) is 31.4 Å². The summed E-state index contributed by atoms with van der Waals surface area (Å²) in [6, 6.07) is 1.90. The summed E-state index contributed by atoms with van der Waals surface area (Å²) in [7, 11) is 0. The Morgan fingerprint density at radius 3 is 2.55 bits per heavy atom. The second-order valence-corrected chi connectivity index (χ2v) is 6.10. The molecule has 0 atom stereocenters. The van der Waals surface area contributed by atoms with Crippen molar-refractivity contribution >= 4 is 23.5 Å². The summed E-state index contributed by atoms with van der Waals surface area (Å²) < 4.78 is 0. The Hall–Kier alpha value is -1.40. The van der Waals surface area contributed by atoms with Crippen LogP contribution in [0.3, 0.4) is 0 Å². The van der Waals surface area contributed by atoms with Gasteiger partial charge < -0.3 is 0 Å². The van der Waals surface area contributed by atoms with Gasteiger partial charge in [0, 0.05) is 29.6 Å². The van der Waals surface area contributed by atoms with E-state index in [-0.39, 0.29) is 0 Å². The van der Waals surface area contributed by atoms with Gasteiger partial charge in [-0.05, 0) is 19.9 Å². The van der Waals surface area contributed by atoms with Crippen molar-refractivity contribution in [1.82, 2.24) is 19.9 Å². The summed E-state index contributed by atoms with van der Waals surface area (Å²) in [5.74, 6) is 1.77. The quantitative estimate of drug-likeness (QED) is 0.463. The molecular weight excluding hydrogens is 288 g/mol. The van der Waals surface area contributed by atoms with Crippen LogP contribution in [0.2, 0.25) is 0 Å². The summed E-state index contributed by atoms with van der Waals surface area (Å²) in [5, 5.41) is 1.79. The van der Waals surface area contributed by atoms with Crippen molar-refractivity contribution in [3.63, 3.8) is 0 Å². The lowest BCUT2D eigenvalue weighted by Gasteiger charge is -1.98. The first-order chi connectivity index (χ1) is 9.74. The third-order valence-electron chi connectivity index (χ3n) is 2.31. The molecule has 2 aromatic rings. The van der Waals surface area contributed by atoms with E-state index in [0.717, 1.165) is 33.1 Å². The van der Waals surface area contributed by atoms with Crippen LogP contribution in [0.15, 0.2) is 47.0 Å². The van der Waals surface area contributed by atoms with Crippen LogP contribution in [0.1, 0.15) is 11.4 Å². The summed E-state index contributed by atoms with van der Waals surface area (Å²) in [5.41, 5.74) is 1.95. The number of thioether (sulfide) groups is 2. The van der Waals surface area contributed by atoms with Crippen molar-refractivity contribution in [3.05, 3.63) is 48.2 Å². The van der Waals surface area contributed by atoms with Crippen molar-refractivity contribution in [2.24, 2.45) is 0 Å². The number of hydrogen-bond donors (Lipinski definition) is 0. The zero-order chi connectivity index (χ0) is 14.2. The Balaban J connectivity index is 1.69. The van der Waals surface area contributed by atoms with Gasteiger partial charge in [0.15, 0.2) is 5.16 Å². The predicted octanol–water partition coefficient (Wildman–Crippen LogP) is 3.32. The summed E-state index contributed by atoms with van der Waals surface area (Å²) >= 11 is 3.32. The van der Waals surface area contributed by atoms with Crippen molar-refractivity contribution in [2.75, 3.05) is 11.5 Å². The highest BCUT2D eigenvalue weighted by Gasteiger charge is 1.96. The average Bonchev–Trinajstić information content (AvgIpc) is 2.43. The Morgan fingerprint density at radius 2 is 1.80 bits per heavy atom. The molecule has 0 fully saturated rings. The Labute approximate surface area is 127 Å². The number of nitrogens with zero attached hydrogens (tertiary/aromatic N) is 4. The minimum atomic E-state index is 0.826. The largest absolute Gasteiger partial charge is 0.260 e. The van der Waals surface area contributed by atoms with Crippen molar-refractivity contribution in [1.29, 1.82) is 0 Å². The Kier molecular flexibility index (Phi) is 6.01. The van der Waals surface area contributed by atoms with E-state index in [0.29, 0.717) is 0 Å². The molecule has 2 rings (SSSR count). The van der Waals surface area contributed by atoms with Gasteiger partial charge in [-0.15, -0.1) is 11.8 Å². The highest BCUT2D eigenvalue weighted by Crippen LogP contribution is 2.15. The summed E-state index contributed by atoms with van der Waals surface area (Å²) in [6.07, 6.45) is 9.62. The minimum Gasteiger partial charge on any atom is -0.260 e. The molecule has 0 saturated heterocycles. The summed E-state index contributed by atoms with van der Waals surface area (Å²) in [6.45, 7) is 3.92. The molecular formula is C14H16N4S2. The van der Waals surface area contributed by atoms with E-state index in [1.165, 1.54) is 0 Å². The maximum atomic E-state index is 4.39. The lowest BCUT2D eigenvalue weighted by Crippen LogP contribution is -1.88. The molecule has 0 saturated carbocycles. The van der Waals surface area contributed by atoms with Gasteiger partial charge >= 0.3 is 0 Å². The van der Waals surface area contributed by atoms with Crippen LogP contribution < -0.4 is 0 Å². The molecule has 0 aliphatic rings. The van der Waals surface area contributed by atoms with Gasteiger partial charge in [0.1, 0.15) is 5.03 Å². The van der Waals surface area contributed by atoms with Crippen LogP contribution in [0.4, 0.5) is 0 Å². The van der Waals surface area contributed by atoms with Gasteiger partial charge in [-0.25, -0.2) is 15.0 Å². The van der Waals surface area contributed by atoms with Gasteiger partial charge in [-0.1, -0.05) is 23.9 Å². The highest BCUT2D eigenvalue weighted by atomic mass is 32.2. The number of aryl methyl sites for hydroxylation is 2. The first-order valence-corrected chi connectivity index (χ1v) is 8.20. The number of rotatable bonds is 6. The molecule has 0 spiro atoms. The zero-order valence-electron chi connectivity index (χ0n) is 11.5. The molecule has 0 amide bonds. The molecule has 6 heteroatoms. The molecule has 0 N–H and O–H groups in total. The van der Waals surface area contributed by atoms with Crippen LogP contribution in [0.25, 0.3) is 0 Å². The third-order valence-corrected chi connectivity index (χ3v) is 3.97.